The summed E-state index contributed by atoms with van der Waals surface area (Å²) in [5, 5.41) is 4.39. The van der Waals surface area contributed by atoms with Gasteiger partial charge in [0.2, 0.25) is 11.8 Å². The lowest BCUT2D eigenvalue weighted by Crippen LogP contribution is -2.31. The molecule has 7 nitrogen and oxygen atoms in total. The lowest BCUT2D eigenvalue weighted by molar-refractivity contribution is -0.122. The van der Waals surface area contributed by atoms with Crippen LogP contribution in [0.2, 0.25) is 0 Å². The first-order valence-electron chi connectivity index (χ1n) is 7.69. The summed E-state index contributed by atoms with van der Waals surface area (Å²) >= 11 is 0. The summed E-state index contributed by atoms with van der Waals surface area (Å²) in [6.07, 6.45) is 2.34. The minimum atomic E-state index is -0.560. The average Bonchev–Trinajstić information content (AvgIpc) is 2.89. The Labute approximate surface area is 139 Å². The van der Waals surface area contributed by atoms with E-state index in [9.17, 15) is 9.59 Å². The number of nitrogens with one attached hydrogen (secondary N) is 1. The van der Waals surface area contributed by atoms with Gasteiger partial charge >= 0.3 is 0 Å². The zero-order chi connectivity index (χ0) is 17.3. The molecule has 3 N–H and O–H groups in total. The highest BCUT2D eigenvalue weighted by atomic mass is 16.5. The lowest BCUT2D eigenvalue weighted by atomic mass is 10.1. The van der Waals surface area contributed by atoms with E-state index in [0.717, 1.165) is 17.2 Å². The molecule has 0 saturated carbocycles. The predicted molar refractivity (Wildman–Crippen MR) is 88.0 cm³/mol. The third-order valence-electron chi connectivity index (χ3n) is 4.17. The fraction of sp³-hybridized carbons (Fsp3) is 0.353. The first kappa shape index (κ1) is 16.0. The molecule has 3 rings (SSSR count). The molecule has 0 bridgehead atoms. The number of carbonyl (C=O) groups excluding carboxylic acids is 2. The number of nitrogens with zero attached hydrogens (tertiary/aromatic N) is 1. The maximum Gasteiger partial charge on any atom is 0.252 e. The van der Waals surface area contributed by atoms with Gasteiger partial charge < -0.3 is 20.5 Å². The average molecular weight is 329 g/mol. The SMILES string of the molecule is COc1cc2c(OCC3CC(C)C(=O)N3)nccc2cc1C(N)=O. The van der Waals surface area contributed by atoms with Crippen molar-refractivity contribution in [2.24, 2.45) is 11.7 Å². The van der Waals surface area contributed by atoms with Crippen LogP contribution in [0.3, 0.4) is 0 Å². The molecule has 2 unspecified atom stereocenters. The normalized spacial score (nSPS) is 20.0. The molecule has 1 aromatic carbocycles. The maximum absolute atomic E-state index is 11.6. The van der Waals surface area contributed by atoms with Gasteiger partial charge in [0.15, 0.2) is 0 Å². The van der Waals surface area contributed by atoms with Gasteiger partial charge in [0.25, 0.3) is 5.91 Å². The van der Waals surface area contributed by atoms with E-state index < -0.39 is 5.91 Å². The minimum absolute atomic E-state index is 0.00250. The van der Waals surface area contributed by atoms with Gasteiger partial charge in [-0.25, -0.2) is 4.98 Å². The van der Waals surface area contributed by atoms with Crippen LogP contribution in [0, 0.1) is 5.92 Å². The monoisotopic (exact) mass is 329 g/mol. The lowest BCUT2D eigenvalue weighted by Gasteiger charge is -2.14. The van der Waals surface area contributed by atoms with Crippen LogP contribution >= 0.6 is 0 Å². The minimum Gasteiger partial charge on any atom is -0.496 e. The molecule has 2 aromatic rings. The smallest absolute Gasteiger partial charge is 0.252 e. The number of rotatable bonds is 5. The number of ether oxygens (including phenoxy) is 2. The zero-order valence-corrected chi connectivity index (χ0v) is 13.5. The van der Waals surface area contributed by atoms with Crippen LogP contribution in [0.4, 0.5) is 0 Å². The zero-order valence-electron chi connectivity index (χ0n) is 13.5. The standard InChI is InChI=1S/C17H19N3O4/c1-9-5-11(20-16(9)22)8-24-17-12-7-14(23-2)13(15(18)21)6-10(12)3-4-19-17/h3-4,6-7,9,11H,5,8H2,1-2H3,(H2,18,21)(H,20,22). The molecule has 126 valence electrons. The van der Waals surface area contributed by atoms with Crippen LogP contribution in [0.1, 0.15) is 23.7 Å². The summed E-state index contributed by atoms with van der Waals surface area (Å²) < 4.78 is 11.0. The Morgan fingerprint density at radius 3 is 2.88 bits per heavy atom. The molecule has 1 aliphatic rings. The van der Waals surface area contributed by atoms with E-state index in [1.165, 1.54) is 7.11 Å². The number of carbonyl (C=O) groups is 2. The Kier molecular flexibility index (Phi) is 4.24. The molecule has 0 spiro atoms. The number of aromatic nitrogens is 1. The summed E-state index contributed by atoms with van der Waals surface area (Å²) in [6.45, 7) is 2.23. The van der Waals surface area contributed by atoms with Crippen molar-refractivity contribution in [2.45, 2.75) is 19.4 Å². The van der Waals surface area contributed by atoms with Gasteiger partial charge in [0.05, 0.1) is 18.7 Å². The highest BCUT2D eigenvalue weighted by Gasteiger charge is 2.28. The first-order chi connectivity index (χ1) is 11.5. The molecule has 1 saturated heterocycles. The topological polar surface area (TPSA) is 104 Å². The molecule has 2 amide bonds. The van der Waals surface area contributed by atoms with Gasteiger partial charge in [-0.3, -0.25) is 9.59 Å². The third-order valence-corrected chi connectivity index (χ3v) is 4.17. The maximum atomic E-state index is 11.6. The van der Waals surface area contributed by atoms with E-state index in [1.54, 1.807) is 24.4 Å². The summed E-state index contributed by atoms with van der Waals surface area (Å²) in [4.78, 5) is 27.3. The van der Waals surface area contributed by atoms with Gasteiger partial charge in [-0.15, -0.1) is 0 Å². The van der Waals surface area contributed by atoms with Gasteiger partial charge in [0, 0.05) is 17.5 Å². The molecule has 7 heteroatoms. The van der Waals surface area contributed by atoms with Crippen molar-refractivity contribution in [3.05, 3.63) is 30.0 Å². The summed E-state index contributed by atoms with van der Waals surface area (Å²) in [7, 11) is 1.47. The van der Waals surface area contributed by atoms with Crippen molar-refractivity contribution in [2.75, 3.05) is 13.7 Å². The van der Waals surface area contributed by atoms with E-state index in [-0.39, 0.29) is 17.9 Å². The number of amides is 2. The second-order valence-electron chi connectivity index (χ2n) is 5.91. The van der Waals surface area contributed by atoms with Gasteiger partial charge in [-0.1, -0.05) is 6.92 Å². The number of primary amides is 1. The Morgan fingerprint density at radius 1 is 1.46 bits per heavy atom. The van der Waals surface area contributed by atoms with Crippen molar-refractivity contribution in [3.8, 4) is 11.6 Å². The van der Waals surface area contributed by atoms with Crippen LogP contribution in [0.25, 0.3) is 10.8 Å². The third kappa shape index (κ3) is 2.97. The van der Waals surface area contributed by atoms with Gasteiger partial charge in [0.1, 0.15) is 12.4 Å². The first-order valence-corrected chi connectivity index (χ1v) is 7.69. The number of nitrogens with two attached hydrogens (primary N) is 1. The molecule has 1 aromatic heterocycles. The van der Waals surface area contributed by atoms with Crippen LogP contribution in [-0.2, 0) is 4.79 Å². The van der Waals surface area contributed by atoms with E-state index in [0.29, 0.717) is 23.8 Å². The molecule has 2 heterocycles. The highest BCUT2D eigenvalue weighted by Crippen LogP contribution is 2.30. The molecule has 0 aliphatic carbocycles. The number of methoxy groups -OCH3 is 1. The second-order valence-corrected chi connectivity index (χ2v) is 5.91. The van der Waals surface area contributed by atoms with E-state index in [1.807, 2.05) is 6.92 Å². The molecule has 24 heavy (non-hydrogen) atoms. The number of pyridine rings is 1. The number of fused-ring (bicyclic) bond motifs is 1. The molecule has 1 fully saturated rings. The molecular weight excluding hydrogens is 310 g/mol. The summed E-state index contributed by atoms with van der Waals surface area (Å²) in [5.74, 6) is 0.279. The number of hydrogen-bond acceptors (Lipinski definition) is 5. The Morgan fingerprint density at radius 2 is 2.25 bits per heavy atom. The van der Waals surface area contributed by atoms with E-state index >= 15 is 0 Å². The number of benzene rings is 1. The Balaban J connectivity index is 1.88. The quantitative estimate of drug-likeness (QED) is 0.859. The Bertz CT molecular complexity index is 806. The van der Waals surface area contributed by atoms with Crippen molar-refractivity contribution >= 4 is 22.6 Å². The molecule has 0 radical (unpaired) electrons. The summed E-state index contributed by atoms with van der Waals surface area (Å²) in [6, 6.07) is 5.09. The van der Waals surface area contributed by atoms with Crippen molar-refractivity contribution < 1.29 is 19.1 Å². The van der Waals surface area contributed by atoms with Gasteiger partial charge in [-0.2, -0.15) is 0 Å². The van der Waals surface area contributed by atoms with Crippen molar-refractivity contribution in [3.63, 3.8) is 0 Å². The highest BCUT2D eigenvalue weighted by molar-refractivity contribution is 6.01. The van der Waals surface area contributed by atoms with Crippen molar-refractivity contribution in [1.29, 1.82) is 0 Å². The fourth-order valence-corrected chi connectivity index (χ4v) is 2.88. The molecule has 2 atom stereocenters. The fourth-order valence-electron chi connectivity index (χ4n) is 2.88. The largest absolute Gasteiger partial charge is 0.496 e. The van der Waals surface area contributed by atoms with E-state index in [2.05, 4.69) is 10.3 Å². The molecule has 1 aliphatic heterocycles. The second kappa shape index (κ2) is 6.35. The van der Waals surface area contributed by atoms with Gasteiger partial charge in [-0.05, 0) is 30.0 Å². The van der Waals surface area contributed by atoms with Crippen LogP contribution in [0.5, 0.6) is 11.6 Å². The van der Waals surface area contributed by atoms with Crippen LogP contribution in [0.15, 0.2) is 24.4 Å². The van der Waals surface area contributed by atoms with Crippen molar-refractivity contribution in [1.82, 2.24) is 10.3 Å². The number of hydrogen-bond donors (Lipinski definition) is 2. The predicted octanol–water partition coefficient (Wildman–Crippen LogP) is 1.25. The molecular formula is C17H19N3O4. The van der Waals surface area contributed by atoms with Crippen LogP contribution in [-0.4, -0.2) is 36.6 Å². The Hall–Kier alpha value is -2.83. The summed E-state index contributed by atoms with van der Waals surface area (Å²) in [5.41, 5.74) is 5.69. The van der Waals surface area contributed by atoms with E-state index in [4.69, 9.17) is 15.2 Å². The van der Waals surface area contributed by atoms with Crippen LogP contribution < -0.4 is 20.5 Å².